The quantitative estimate of drug-likeness (QED) is 0.467. The number of rotatable bonds is 0. The molecule has 0 amide bonds. The molecular formula is C4H14BrIN+. The standard InChI is InChI=1S/C4H12N.BrH.HI/c1-5(2,3)4;;/h1-4H3;2*1H/q+1;;. The van der Waals surface area contributed by atoms with Gasteiger partial charge in [-0.1, -0.05) is 0 Å². The molecule has 0 N–H and O–H groups in total. The van der Waals surface area contributed by atoms with Crippen LogP contribution in [0.1, 0.15) is 0 Å². The van der Waals surface area contributed by atoms with E-state index in [0.717, 1.165) is 4.48 Å². The average Bonchev–Trinajstić information content (AvgIpc) is 0.722. The van der Waals surface area contributed by atoms with Crippen LogP contribution < -0.4 is 0 Å². The monoisotopic (exact) mass is 282 g/mol. The van der Waals surface area contributed by atoms with Gasteiger partial charge in [0.25, 0.3) is 0 Å². The molecule has 0 rings (SSSR count). The van der Waals surface area contributed by atoms with Crippen LogP contribution in [0.25, 0.3) is 0 Å². The Kier molecular flexibility index (Phi) is 11.9. The highest BCUT2D eigenvalue weighted by Crippen LogP contribution is 1.73. The summed E-state index contributed by atoms with van der Waals surface area (Å²) in [4.78, 5) is 0. The minimum absolute atomic E-state index is 0. The van der Waals surface area contributed by atoms with Gasteiger partial charge in [0.2, 0.25) is 0 Å². The third-order valence-electron chi connectivity index (χ3n) is 0. The Bertz CT molecular complexity index is 27.2. The van der Waals surface area contributed by atoms with E-state index in [9.17, 15) is 0 Å². The smallest absolute Gasteiger partial charge is 0.0675 e. The molecule has 0 aliphatic carbocycles. The maximum Gasteiger partial charge on any atom is 0.0675 e. The summed E-state index contributed by atoms with van der Waals surface area (Å²) in [6.45, 7) is 0. The summed E-state index contributed by atoms with van der Waals surface area (Å²) in [5, 5.41) is 0. The maximum absolute atomic E-state index is 2.12. The Balaban J connectivity index is -0.0000000800. The first kappa shape index (κ1) is 15.7. The van der Waals surface area contributed by atoms with Gasteiger partial charge in [-0.2, -0.15) is 0 Å². The Morgan fingerprint density at radius 3 is 0.857 bits per heavy atom. The van der Waals surface area contributed by atoms with Gasteiger partial charge in [-0.05, 0) is 0 Å². The van der Waals surface area contributed by atoms with Crippen LogP contribution in [0.2, 0.25) is 0 Å². The van der Waals surface area contributed by atoms with Gasteiger partial charge in [-0.15, -0.1) is 41.0 Å². The maximum atomic E-state index is 2.12. The number of quaternary nitrogens is 1. The lowest BCUT2D eigenvalue weighted by Crippen LogP contribution is -2.27. The second kappa shape index (κ2) is 5.31. The summed E-state index contributed by atoms with van der Waals surface area (Å²) >= 11 is 0. The molecule has 0 unspecified atom stereocenters. The molecule has 48 valence electrons. The van der Waals surface area contributed by atoms with Crippen molar-refractivity contribution in [2.75, 3.05) is 28.2 Å². The van der Waals surface area contributed by atoms with Gasteiger partial charge >= 0.3 is 0 Å². The molecule has 0 saturated heterocycles. The normalized spacial score (nSPS) is 8.57. The predicted molar refractivity (Wildman–Crippen MR) is 49.7 cm³/mol. The van der Waals surface area contributed by atoms with Crippen molar-refractivity contribution in [2.45, 2.75) is 0 Å². The number of halogens is 2. The molecule has 0 aromatic heterocycles. The molecule has 0 fully saturated rings. The minimum atomic E-state index is 0. The van der Waals surface area contributed by atoms with Crippen molar-refractivity contribution in [3.05, 3.63) is 0 Å². The van der Waals surface area contributed by atoms with Crippen molar-refractivity contribution in [3.63, 3.8) is 0 Å². The first-order chi connectivity index (χ1) is 2.00. The van der Waals surface area contributed by atoms with Gasteiger partial charge in [0.15, 0.2) is 0 Å². The van der Waals surface area contributed by atoms with Gasteiger partial charge in [0.05, 0.1) is 28.2 Å². The molecule has 0 aliphatic rings. The summed E-state index contributed by atoms with van der Waals surface area (Å²) in [7, 11) is 8.50. The van der Waals surface area contributed by atoms with E-state index in [1.807, 2.05) is 0 Å². The van der Waals surface area contributed by atoms with Crippen molar-refractivity contribution in [2.24, 2.45) is 0 Å². The van der Waals surface area contributed by atoms with Gasteiger partial charge < -0.3 is 4.48 Å². The molecule has 3 heteroatoms. The molecule has 7 heavy (non-hydrogen) atoms. The largest absolute Gasteiger partial charge is 0.333 e. The molecule has 0 aliphatic heterocycles. The fraction of sp³-hybridized carbons (Fsp3) is 1.00. The van der Waals surface area contributed by atoms with Crippen molar-refractivity contribution in [1.29, 1.82) is 0 Å². The van der Waals surface area contributed by atoms with Crippen LogP contribution in [0, 0.1) is 0 Å². The Morgan fingerprint density at radius 2 is 0.857 bits per heavy atom. The van der Waals surface area contributed by atoms with Crippen molar-refractivity contribution in [1.82, 2.24) is 0 Å². The fourth-order valence-corrected chi connectivity index (χ4v) is 0. The summed E-state index contributed by atoms with van der Waals surface area (Å²) in [5.41, 5.74) is 0. The summed E-state index contributed by atoms with van der Waals surface area (Å²) in [6.07, 6.45) is 0. The van der Waals surface area contributed by atoms with Crippen LogP contribution in [-0.4, -0.2) is 32.7 Å². The number of hydrogen-bond donors (Lipinski definition) is 0. The first-order valence-corrected chi connectivity index (χ1v) is 1.79. The molecule has 0 atom stereocenters. The zero-order valence-electron chi connectivity index (χ0n) is 5.26. The molecular weight excluding hydrogens is 269 g/mol. The lowest BCUT2D eigenvalue weighted by Gasteiger charge is -2.14. The summed E-state index contributed by atoms with van der Waals surface area (Å²) in [5.74, 6) is 0. The fourth-order valence-electron chi connectivity index (χ4n) is 0. The van der Waals surface area contributed by atoms with E-state index in [4.69, 9.17) is 0 Å². The molecule has 1 nitrogen and oxygen atoms in total. The number of nitrogens with zero attached hydrogens (tertiary/aromatic N) is 1. The topological polar surface area (TPSA) is 0 Å². The Hall–Kier alpha value is 1.17. The predicted octanol–water partition coefficient (Wildman–Crippen LogP) is 1.52. The Morgan fingerprint density at radius 1 is 0.857 bits per heavy atom. The summed E-state index contributed by atoms with van der Waals surface area (Å²) in [6, 6.07) is 0. The van der Waals surface area contributed by atoms with Gasteiger partial charge in [0, 0.05) is 0 Å². The first-order valence-electron chi connectivity index (χ1n) is 1.79. The van der Waals surface area contributed by atoms with Crippen LogP contribution in [0.3, 0.4) is 0 Å². The average molecular weight is 283 g/mol. The lowest BCUT2D eigenvalue weighted by atomic mass is 10.8. The Labute approximate surface area is 73.5 Å². The molecule has 0 spiro atoms. The third-order valence-corrected chi connectivity index (χ3v) is 0. The highest BCUT2D eigenvalue weighted by atomic mass is 127. The van der Waals surface area contributed by atoms with Crippen LogP contribution in [0.5, 0.6) is 0 Å². The molecule has 0 aromatic rings. The zero-order chi connectivity index (χ0) is 4.50. The highest BCUT2D eigenvalue weighted by Gasteiger charge is 1.88. The van der Waals surface area contributed by atoms with Crippen molar-refractivity contribution < 1.29 is 4.48 Å². The minimum Gasteiger partial charge on any atom is -0.333 e. The molecule has 0 bridgehead atoms. The third kappa shape index (κ3) is 140. The lowest BCUT2D eigenvalue weighted by molar-refractivity contribution is -0.849. The van der Waals surface area contributed by atoms with Crippen molar-refractivity contribution >= 4 is 41.0 Å². The molecule has 0 heterocycles. The van der Waals surface area contributed by atoms with E-state index in [-0.39, 0.29) is 41.0 Å². The van der Waals surface area contributed by atoms with Gasteiger partial charge in [-0.3, -0.25) is 0 Å². The molecule has 0 saturated carbocycles. The van der Waals surface area contributed by atoms with Crippen LogP contribution in [0.15, 0.2) is 0 Å². The zero-order valence-corrected chi connectivity index (χ0v) is 9.31. The van der Waals surface area contributed by atoms with E-state index in [1.165, 1.54) is 0 Å². The van der Waals surface area contributed by atoms with E-state index >= 15 is 0 Å². The van der Waals surface area contributed by atoms with Crippen LogP contribution in [-0.2, 0) is 0 Å². The van der Waals surface area contributed by atoms with Gasteiger partial charge in [0.1, 0.15) is 0 Å². The SMILES string of the molecule is Br.C[N+](C)(C)C.I. The molecule has 0 radical (unpaired) electrons. The van der Waals surface area contributed by atoms with E-state index < -0.39 is 0 Å². The van der Waals surface area contributed by atoms with Crippen molar-refractivity contribution in [3.8, 4) is 0 Å². The number of hydrogen-bond acceptors (Lipinski definition) is 0. The van der Waals surface area contributed by atoms with E-state index in [1.54, 1.807) is 0 Å². The van der Waals surface area contributed by atoms with Crippen LogP contribution >= 0.6 is 41.0 Å². The van der Waals surface area contributed by atoms with E-state index in [2.05, 4.69) is 28.2 Å². The highest BCUT2D eigenvalue weighted by molar-refractivity contribution is 14.0. The second-order valence-electron chi connectivity index (χ2n) is 2.68. The second-order valence-corrected chi connectivity index (χ2v) is 2.68. The molecule has 0 aromatic carbocycles. The van der Waals surface area contributed by atoms with Gasteiger partial charge in [-0.25, -0.2) is 0 Å². The van der Waals surface area contributed by atoms with E-state index in [0.29, 0.717) is 0 Å². The summed E-state index contributed by atoms with van der Waals surface area (Å²) < 4.78 is 1.00. The van der Waals surface area contributed by atoms with Crippen LogP contribution in [0.4, 0.5) is 0 Å².